The van der Waals surface area contributed by atoms with Gasteiger partial charge in [0, 0.05) is 37.7 Å². The van der Waals surface area contributed by atoms with Gasteiger partial charge in [-0.15, -0.1) is 0 Å². The van der Waals surface area contributed by atoms with Gasteiger partial charge < -0.3 is 14.9 Å². The van der Waals surface area contributed by atoms with Gasteiger partial charge in [0.05, 0.1) is 12.0 Å². The highest BCUT2D eigenvalue weighted by Crippen LogP contribution is 2.29. The van der Waals surface area contributed by atoms with E-state index in [1.165, 1.54) is 5.56 Å². The second-order valence-electron chi connectivity index (χ2n) is 7.00. The maximum atomic E-state index is 12.7. The van der Waals surface area contributed by atoms with Gasteiger partial charge in [-0.25, -0.2) is 0 Å². The van der Waals surface area contributed by atoms with Crippen LogP contribution in [-0.4, -0.2) is 47.6 Å². The average molecular weight is 330 g/mol. The SMILES string of the molecule is CCc1ccc(N2CC(C(=O)N3CCC(C(C)O)C3)CC2=O)cc1. The Bertz CT molecular complexity index is 612. The lowest BCUT2D eigenvalue weighted by Crippen LogP contribution is -2.36. The maximum Gasteiger partial charge on any atom is 0.228 e. The van der Waals surface area contributed by atoms with E-state index in [9.17, 15) is 14.7 Å². The third-order valence-electron chi connectivity index (χ3n) is 5.35. The first kappa shape index (κ1) is 17.0. The molecule has 3 rings (SSSR count). The Labute approximate surface area is 143 Å². The van der Waals surface area contributed by atoms with E-state index >= 15 is 0 Å². The van der Waals surface area contributed by atoms with Crippen molar-refractivity contribution in [2.45, 2.75) is 39.2 Å². The fraction of sp³-hybridized carbons (Fsp3) is 0.579. The number of carbonyl (C=O) groups is 2. The van der Waals surface area contributed by atoms with Crippen LogP contribution in [0.4, 0.5) is 5.69 Å². The number of aliphatic hydroxyl groups excluding tert-OH is 1. The first-order valence-corrected chi connectivity index (χ1v) is 8.85. The molecule has 2 fully saturated rings. The highest BCUT2D eigenvalue weighted by Gasteiger charge is 2.39. The lowest BCUT2D eigenvalue weighted by molar-refractivity contribution is -0.135. The molecule has 130 valence electrons. The number of anilines is 1. The molecule has 5 nitrogen and oxygen atoms in total. The van der Waals surface area contributed by atoms with Crippen molar-refractivity contribution in [2.75, 3.05) is 24.5 Å². The quantitative estimate of drug-likeness (QED) is 0.916. The van der Waals surface area contributed by atoms with E-state index in [0.29, 0.717) is 19.6 Å². The first-order valence-electron chi connectivity index (χ1n) is 8.85. The molecule has 1 aromatic rings. The summed E-state index contributed by atoms with van der Waals surface area (Å²) in [6.07, 6.45) is 1.70. The average Bonchev–Trinajstić information content (AvgIpc) is 3.21. The fourth-order valence-electron chi connectivity index (χ4n) is 3.67. The zero-order valence-corrected chi connectivity index (χ0v) is 14.4. The van der Waals surface area contributed by atoms with Crippen LogP contribution in [0.1, 0.15) is 32.3 Å². The standard InChI is InChI=1S/C19H26N2O3/c1-3-14-4-6-17(7-5-14)21-12-16(10-18(21)23)19(24)20-9-8-15(11-20)13(2)22/h4-7,13,15-16,22H,3,8-12H2,1-2H3. The van der Waals surface area contributed by atoms with Crippen molar-refractivity contribution >= 4 is 17.5 Å². The van der Waals surface area contributed by atoms with Crippen LogP contribution in [0.5, 0.6) is 0 Å². The van der Waals surface area contributed by atoms with E-state index in [2.05, 4.69) is 6.92 Å². The summed E-state index contributed by atoms with van der Waals surface area (Å²) in [5.74, 6) is -0.0390. The Hall–Kier alpha value is -1.88. The molecule has 2 amide bonds. The monoisotopic (exact) mass is 330 g/mol. The van der Waals surface area contributed by atoms with E-state index in [0.717, 1.165) is 18.5 Å². The number of nitrogens with zero attached hydrogens (tertiary/aromatic N) is 2. The summed E-state index contributed by atoms with van der Waals surface area (Å²) in [5.41, 5.74) is 2.11. The number of rotatable bonds is 4. The van der Waals surface area contributed by atoms with Gasteiger partial charge in [0.1, 0.15) is 0 Å². The van der Waals surface area contributed by atoms with Crippen LogP contribution in [0.2, 0.25) is 0 Å². The number of likely N-dealkylation sites (tertiary alicyclic amines) is 1. The van der Waals surface area contributed by atoms with E-state index in [-0.39, 0.29) is 36.2 Å². The summed E-state index contributed by atoms with van der Waals surface area (Å²) in [6.45, 7) is 5.62. The van der Waals surface area contributed by atoms with E-state index in [4.69, 9.17) is 0 Å². The summed E-state index contributed by atoms with van der Waals surface area (Å²) in [4.78, 5) is 28.6. The minimum Gasteiger partial charge on any atom is -0.393 e. The van der Waals surface area contributed by atoms with Gasteiger partial charge in [0.15, 0.2) is 0 Å². The molecule has 1 N–H and O–H groups in total. The molecule has 1 aromatic carbocycles. The van der Waals surface area contributed by atoms with E-state index < -0.39 is 0 Å². The number of aryl methyl sites for hydroxylation is 1. The molecule has 2 heterocycles. The molecule has 2 saturated heterocycles. The Morgan fingerprint density at radius 1 is 1.29 bits per heavy atom. The molecule has 0 aromatic heterocycles. The Morgan fingerprint density at radius 2 is 2.00 bits per heavy atom. The molecule has 3 unspecified atom stereocenters. The molecule has 2 aliphatic heterocycles. The first-order chi connectivity index (χ1) is 11.5. The zero-order chi connectivity index (χ0) is 17.3. The minimum atomic E-state index is -0.387. The van der Waals surface area contributed by atoms with E-state index in [1.54, 1.807) is 11.8 Å². The fourth-order valence-corrected chi connectivity index (χ4v) is 3.67. The molecule has 24 heavy (non-hydrogen) atoms. The molecule has 0 spiro atoms. The second kappa shape index (κ2) is 6.93. The van der Waals surface area contributed by atoms with Crippen molar-refractivity contribution < 1.29 is 14.7 Å². The van der Waals surface area contributed by atoms with Gasteiger partial charge in [-0.2, -0.15) is 0 Å². The lowest BCUT2D eigenvalue weighted by atomic mass is 10.0. The molecule has 5 heteroatoms. The number of carbonyl (C=O) groups excluding carboxylic acids is 2. The Kier molecular flexibility index (Phi) is 4.90. The third kappa shape index (κ3) is 3.31. The predicted octanol–water partition coefficient (Wildman–Crippen LogP) is 1.83. The summed E-state index contributed by atoms with van der Waals surface area (Å²) < 4.78 is 0. The number of hydrogen-bond acceptors (Lipinski definition) is 3. The van der Waals surface area contributed by atoms with Crippen LogP contribution in [0, 0.1) is 11.8 Å². The molecular weight excluding hydrogens is 304 g/mol. The topological polar surface area (TPSA) is 60.9 Å². The molecule has 0 bridgehead atoms. The third-order valence-corrected chi connectivity index (χ3v) is 5.35. The molecule has 2 aliphatic rings. The van der Waals surface area contributed by atoms with Crippen LogP contribution >= 0.6 is 0 Å². The molecule has 0 radical (unpaired) electrons. The van der Waals surface area contributed by atoms with E-state index in [1.807, 2.05) is 29.2 Å². The summed E-state index contributed by atoms with van der Waals surface area (Å²) >= 11 is 0. The van der Waals surface area contributed by atoms with Crippen LogP contribution in [0.3, 0.4) is 0 Å². The summed E-state index contributed by atoms with van der Waals surface area (Å²) in [7, 11) is 0. The number of aliphatic hydroxyl groups is 1. The van der Waals surface area contributed by atoms with Crippen molar-refractivity contribution in [1.29, 1.82) is 0 Å². The van der Waals surface area contributed by atoms with Crippen molar-refractivity contribution in [1.82, 2.24) is 4.90 Å². The van der Waals surface area contributed by atoms with Gasteiger partial charge >= 0.3 is 0 Å². The van der Waals surface area contributed by atoms with Crippen LogP contribution < -0.4 is 4.90 Å². The van der Waals surface area contributed by atoms with Crippen molar-refractivity contribution in [3.05, 3.63) is 29.8 Å². The smallest absolute Gasteiger partial charge is 0.228 e. The van der Waals surface area contributed by atoms with Gasteiger partial charge in [-0.3, -0.25) is 9.59 Å². The largest absolute Gasteiger partial charge is 0.393 e. The number of benzene rings is 1. The molecule has 0 saturated carbocycles. The minimum absolute atomic E-state index is 0.0175. The van der Waals surface area contributed by atoms with Crippen LogP contribution in [0.15, 0.2) is 24.3 Å². The van der Waals surface area contributed by atoms with Gasteiger partial charge in [-0.1, -0.05) is 19.1 Å². The zero-order valence-electron chi connectivity index (χ0n) is 14.4. The highest BCUT2D eigenvalue weighted by molar-refractivity contribution is 6.00. The molecule has 3 atom stereocenters. The lowest BCUT2D eigenvalue weighted by Gasteiger charge is -2.22. The summed E-state index contributed by atoms with van der Waals surface area (Å²) in [5, 5.41) is 9.69. The van der Waals surface area contributed by atoms with Gasteiger partial charge in [0.25, 0.3) is 0 Å². The predicted molar refractivity (Wildman–Crippen MR) is 92.6 cm³/mol. The van der Waals surface area contributed by atoms with Crippen molar-refractivity contribution in [3.63, 3.8) is 0 Å². The number of amides is 2. The van der Waals surface area contributed by atoms with Gasteiger partial charge in [0.2, 0.25) is 11.8 Å². The Morgan fingerprint density at radius 3 is 2.58 bits per heavy atom. The van der Waals surface area contributed by atoms with Crippen molar-refractivity contribution in [3.8, 4) is 0 Å². The molecular formula is C19H26N2O3. The number of hydrogen-bond donors (Lipinski definition) is 1. The Balaban J connectivity index is 1.64. The normalized spacial score (nSPS) is 25.4. The molecule has 0 aliphatic carbocycles. The van der Waals surface area contributed by atoms with Crippen LogP contribution in [-0.2, 0) is 16.0 Å². The van der Waals surface area contributed by atoms with Gasteiger partial charge in [-0.05, 0) is 37.5 Å². The highest BCUT2D eigenvalue weighted by atomic mass is 16.3. The maximum absolute atomic E-state index is 12.7. The van der Waals surface area contributed by atoms with Crippen molar-refractivity contribution in [2.24, 2.45) is 11.8 Å². The van der Waals surface area contributed by atoms with Crippen LogP contribution in [0.25, 0.3) is 0 Å². The summed E-state index contributed by atoms with van der Waals surface area (Å²) in [6, 6.07) is 7.99. The second-order valence-corrected chi connectivity index (χ2v) is 7.00.